The van der Waals surface area contributed by atoms with Crippen molar-refractivity contribution in [1.29, 1.82) is 0 Å². The van der Waals surface area contributed by atoms with Gasteiger partial charge in [-0.3, -0.25) is 4.79 Å². The summed E-state index contributed by atoms with van der Waals surface area (Å²) in [5, 5.41) is 6.49. The van der Waals surface area contributed by atoms with Crippen LogP contribution in [0.15, 0.2) is 16.9 Å². The molecule has 0 bridgehead atoms. The van der Waals surface area contributed by atoms with Crippen LogP contribution in [0.5, 0.6) is 0 Å². The molecule has 0 spiro atoms. The van der Waals surface area contributed by atoms with Gasteiger partial charge in [0.15, 0.2) is 0 Å². The van der Waals surface area contributed by atoms with Crippen LogP contribution in [0.1, 0.15) is 37.3 Å². The Hall–Kier alpha value is -1.12. The summed E-state index contributed by atoms with van der Waals surface area (Å²) in [6, 6.07) is 3.40. The number of aromatic amines is 1. The van der Waals surface area contributed by atoms with E-state index in [1.807, 2.05) is 6.07 Å². The van der Waals surface area contributed by atoms with Crippen LogP contribution in [0.2, 0.25) is 0 Å². The first-order chi connectivity index (χ1) is 5.86. The standard InChI is InChI=1S/C9H12N2O/c12-9-6-5-8(10-11-9)7-3-1-2-4-7/h5-7H,1-4H2,(H,11,12). The van der Waals surface area contributed by atoms with Gasteiger partial charge < -0.3 is 0 Å². The Bertz CT molecular complexity index is 292. The van der Waals surface area contributed by atoms with E-state index in [0.29, 0.717) is 5.92 Å². The molecule has 12 heavy (non-hydrogen) atoms. The second kappa shape index (κ2) is 3.09. The predicted molar refractivity (Wildman–Crippen MR) is 46.1 cm³/mol. The van der Waals surface area contributed by atoms with Gasteiger partial charge in [0.05, 0.1) is 5.69 Å². The van der Waals surface area contributed by atoms with Gasteiger partial charge in [-0.25, -0.2) is 5.10 Å². The lowest BCUT2D eigenvalue weighted by molar-refractivity contribution is 0.677. The van der Waals surface area contributed by atoms with Gasteiger partial charge >= 0.3 is 0 Å². The zero-order valence-electron chi connectivity index (χ0n) is 6.92. The van der Waals surface area contributed by atoms with Crippen molar-refractivity contribution < 1.29 is 0 Å². The van der Waals surface area contributed by atoms with E-state index in [2.05, 4.69) is 10.2 Å². The fourth-order valence-corrected chi connectivity index (χ4v) is 1.80. The molecule has 3 nitrogen and oxygen atoms in total. The maximum absolute atomic E-state index is 10.7. The van der Waals surface area contributed by atoms with Gasteiger partial charge in [-0.1, -0.05) is 12.8 Å². The molecule has 1 N–H and O–H groups in total. The summed E-state index contributed by atoms with van der Waals surface area (Å²) in [6.07, 6.45) is 5.04. The Morgan fingerprint density at radius 1 is 1.33 bits per heavy atom. The molecule has 2 rings (SSSR count). The first-order valence-corrected chi connectivity index (χ1v) is 4.42. The van der Waals surface area contributed by atoms with E-state index in [9.17, 15) is 4.79 Å². The average Bonchev–Trinajstić information content (AvgIpc) is 2.58. The first kappa shape index (κ1) is 7.53. The van der Waals surface area contributed by atoms with Crippen LogP contribution < -0.4 is 5.56 Å². The van der Waals surface area contributed by atoms with Gasteiger partial charge in [0.2, 0.25) is 0 Å². The highest BCUT2D eigenvalue weighted by Gasteiger charge is 2.17. The van der Waals surface area contributed by atoms with Crippen molar-refractivity contribution in [2.45, 2.75) is 31.6 Å². The highest BCUT2D eigenvalue weighted by molar-refractivity contribution is 5.07. The molecular weight excluding hydrogens is 152 g/mol. The Kier molecular flexibility index (Phi) is 1.94. The van der Waals surface area contributed by atoms with E-state index < -0.39 is 0 Å². The first-order valence-electron chi connectivity index (χ1n) is 4.42. The maximum atomic E-state index is 10.7. The zero-order chi connectivity index (χ0) is 8.39. The predicted octanol–water partition coefficient (Wildman–Crippen LogP) is 1.43. The normalized spacial score (nSPS) is 18.3. The summed E-state index contributed by atoms with van der Waals surface area (Å²) >= 11 is 0. The van der Waals surface area contributed by atoms with Crippen LogP contribution in [-0.2, 0) is 0 Å². The number of nitrogens with one attached hydrogen (secondary N) is 1. The van der Waals surface area contributed by atoms with E-state index in [1.54, 1.807) is 6.07 Å². The Morgan fingerprint density at radius 3 is 2.67 bits per heavy atom. The molecule has 0 amide bonds. The van der Waals surface area contributed by atoms with Crippen molar-refractivity contribution in [3.05, 3.63) is 28.2 Å². The van der Waals surface area contributed by atoms with Gasteiger partial charge in [-0.05, 0) is 18.9 Å². The highest BCUT2D eigenvalue weighted by atomic mass is 16.1. The molecule has 0 saturated heterocycles. The van der Waals surface area contributed by atoms with Crippen molar-refractivity contribution in [3.8, 4) is 0 Å². The van der Waals surface area contributed by atoms with Crippen molar-refractivity contribution in [3.63, 3.8) is 0 Å². The minimum atomic E-state index is -0.114. The lowest BCUT2D eigenvalue weighted by Crippen LogP contribution is -2.09. The molecular formula is C9H12N2O. The van der Waals surface area contributed by atoms with E-state index in [0.717, 1.165) is 5.69 Å². The molecule has 0 aliphatic heterocycles. The number of hydrogen-bond donors (Lipinski definition) is 1. The minimum Gasteiger partial charge on any atom is -0.268 e. The van der Waals surface area contributed by atoms with Crippen molar-refractivity contribution in [1.82, 2.24) is 10.2 Å². The molecule has 0 unspecified atom stereocenters. The van der Waals surface area contributed by atoms with Crippen LogP contribution >= 0.6 is 0 Å². The lowest BCUT2D eigenvalue weighted by Gasteiger charge is -2.05. The Balaban J connectivity index is 2.22. The number of nitrogens with zero attached hydrogens (tertiary/aromatic N) is 1. The summed E-state index contributed by atoms with van der Waals surface area (Å²) in [5.41, 5.74) is 0.934. The number of rotatable bonds is 1. The summed E-state index contributed by atoms with van der Waals surface area (Å²) in [7, 11) is 0. The van der Waals surface area contributed by atoms with Gasteiger partial charge in [0.1, 0.15) is 0 Å². The van der Waals surface area contributed by atoms with E-state index in [-0.39, 0.29) is 5.56 Å². The quantitative estimate of drug-likeness (QED) is 0.682. The molecule has 1 aliphatic carbocycles. The number of hydrogen-bond acceptors (Lipinski definition) is 2. The second-order valence-electron chi connectivity index (χ2n) is 3.33. The van der Waals surface area contributed by atoms with Crippen molar-refractivity contribution in [2.75, 3.05) is 0 Å². The van der Waals surface area contributed by atoms with Gasteiger partial charge in [-0.15, -0.1) is 0 Å². The van der Waals surface area contributed by atoms with Crippen LogP contribution in [0.3, 0.4) is 0 Å². The Labute approximate surface area is 70.8 Å². The number of aromatic nitrogens is 2. The summed E-state index contributed by atoms with van der Waals surface area (Å²) in [4.78, 5) is 10.7. The molecule has 0 radical (unpaired) electrons. The third-order valence-corrected chi connectivity index (χ3v) is 2.47. The SMILES string of the molecule is O=c1ccc(C2CCCC2)n[nH]1. The fourth-order valence-electron chi connectivity index (χ4n) is 1.80. The molecule has 3 heteroatoms. The summed E-state index contributed by atoms with van der Waals surface area (Å²) in [6.45, 7) is 0. The largest absolute Gasteiger partial charge is 0.268 e. The van der Waals surface area contributed by atoms with Crippen LogP contribution in [0.25, 0.3) is 0 Å². The van der Waals surface area contributed by atoms with E-state index in [4.69, 9.17) is 0 Å². The number of H-pyrrole nitrogens is 1. The van der Waals surface area contributed by atoms with Crippen molar-refractivity contribution in [2.24, 2.45) is 0 Å². The van der Waals surface area contributed by atoms with Gasteiger partial charge in [-0.2, -0.15) is 5.10 Å². The zero-order valence-corrected chi connectivity index (χ0v) is 6.92. The molecule has 0 atom stereocenters. The fraction of sp³-hybridized carbons (Fsp3) is 0.556. The topological polar surface area (TPSA) is 45.8 Å². The van der Waals surface area contributed by atoms with Gasteiger partial charge in [0, 0.05) is 12.0 Å². The minimum absolute atomic E-state index is 0.114. The molecule has 1 aromatic heterocycles. The molecule has 1 aromatic rings. The van der Waals surface area contributed by atoms with Crippen LogP contribution in [-0.4, -0.2) is 10.2 Å². The average molecular weight is 164 g/mol. The third kappa shape index (κ3) is 1.40. The molecule has 1 heterocycles. The molecule has 64 valence electrons. The monoisotopic (exact) mass is 164 g/mol. The molecule has 1 saturated carbocycles. The van der Waals surface area contributed by atoms with E-state index in [1.165, 1.54) is 25.7 Å². The smallest absolute Gasteiger partial charge is 0.264 e. The maximum Gasteiger partial charge on any atom is 0.264 e. The molecule has 1 fully saturated rings. The van der Waals surface area contributed by atoms with E-state index >= 15 is 0 Å². The van der Waals surface area contributed by atoms with Crippen LogP contribution in [0, 0.1) is 0 Å². The van der Waals surface area contributed by atoms with Crippen LogP contribution in [0.4, 0.5) is 0 Å². The van der Waals surface area contributed by atoms with Gasteiger partial charge in [0.25, 0.3) is 5.56 Å². The molecule has 1 aliphatic rings. The Morgan fingerprint density at radius 2 is 2.08 bits per heavy atom. The third-order valence-electron chi connectivity index (χ3n) is 2.47. The highest BCUT2D eigenvalue weighted by Crippen LogP contribution is 2.31. The van der Waals surface area contributed by atoms with Crippen molar-refractivity contribution >= 4 is 0 Å². The molecule has 0 aromatic carbocycles. The second-order valence-corrected chi connectivity index (χ2v) is 3.33. The summed E-state index contributed by atoms with van der Waals surface area (Å²) < 4.78 is 0. The summed E-state index contributed by atoms with van der Waals surface area (Å²) in [5.74, 6) is 0.585. The lowest BCUT2D eigenvalue weighted by atomic mass is 10.0.